The van der Waals surface area contributed by atoms with Crippen molar-refractivity contribution in [2.75, 3.05) is 25.0 Å². The molecule has 0 unspecified atom stereocenters. The lowest BCUT2D eigenvalue weighted by Gasteiger charge is -2.31. The number of anilines is 1. The van der Waals surface area contributed by atoms with Crippen LogP contribution in [0, 0.1) is 5.92 Å². The Balaban J connectivity index is 1.27. The van der Waals surface area contributed by atoms with Crippen LogP contribution in [-0.2, 0) is 15.8 Å². The van der Waals surface area contributed by atoms with Gasteiger partial charge in [0.15, 0.2) is 5.65 Å². The number of hydrogen-bond acceptors (Lipinski definition) is 5. The van der Waals surface area contributed by atoms with Crippen LogP contribution in [0.5, 0.6) is 0 Å². The Kier molecular flexibility index (Phi) is 7.11. The maximum Gasteiger partial charge on any atom is 0.218 e. The van der Waals surface area contributed by atoms with Crippen molar-refractivity contribution in [2.45, 2.75) is 18.6 Å². The van der Waals surface area contributed by atoms with Crippen molar-refractivity contribution in [3.8, 4) is 11.3 Å². The first-order valence-corrected chi connectivity index (χ1v) is 14.2. The summed E-state index contributed by atoms with van der Waals surface area (Å²) >= 11 is 9.96. The van der Waals surface area contributed by atoms with E-state index in [9.17, 15) is 8.42 Å². The average Bonchev–Trinajstić information content (AvgIpc) is 3.24. The van der Waals surface area contributed by atoms with Crippen molar-refractivity contribution in [3.63, 3.8) is 0 Å². The van der Waals surface area contributed by atoms with E-state index in [4.69, 9.17) is 16.6 Å². The first kappa shape index (κ1) is 24.2. The normalized spacial score (nSPS) is 15.5. The van der Waals surface area contributed by atoms with Gasteiger partial charge in [0, 0.05) is 36.3 Å². The molecular weight excluding hydrogens is 550 g/mol. The Morgan fingerprint density at radius 2 is 1.77 bits per heavy atom. The number of fused-ring (bicyclic) bond motifs is 1. The zero-order chi connectivity index (χ0) is 24.4. The minimum Gasteiger partial charge on any atom is -0.370 e. The molecule has 0 radical (unpaired) electrons. The number of nitrogens with zero attached hydrogens (tertiary/aromatic N) is 4. The first-order chi connectivity index (χ1) is 16.9. The summed E-state index contributed by atoms with van der Waals surface area (Å²) < 4.78 is 29.9. The second-order valence-corrected chi connectivity index (χ2v) is 11.9. The van der Waals surface area contributed by atoms with Crippen molar-refractivity contribution >= 4 is 49.0 Å². The van der Waals surface area contributed by atoms with Crippen molar-refractivity contribution in [1.29, 1.82) is 0 Å². The van der Waals surface area contributed by atoms with Crippen molar-refractivity contribution in [1.82, 2.24) is 18.9 Å². The van der Waals surface area contributed by atoms with Crippen LogP contribution < -0.4 is 5.32 Å². The second-order valence-electron chi connectivity index (χ2n) is 8.70. The molecule has 1 aliphatic rings. The number of aromatic nitrogens is 3. The van der Waals surface area contributed by atoms with E-state index in [1.165, 1.54) is 0 Å². The molecule has 2 aromatic heterocycles. The molecule has 0 aliphatic carbocycles. The van der Waals surface area contributed by atoms with Crippen LogP contribution >= 0.6 is 27.5 Å². The zero-order valence-electron chi connectivity index (χ0n) is 18.9. The molecule has 0 saturated carbocycles. The van der Waals surface area contributed by atoms with Gasteiger partial charge in [0.25, 0.3) is 0 Å². The number of hydrogen-bond donors (Lipinski definition) is 1. The van der Waals surface area contributed by atoms with E-state index in [0.717, 1.165) is 40.0 Å². The maximum atomic E-state index is 12.9. The van der Waals surface area contributed by atoms with E-state index in [0.29, 0.717) is 36.2 Å². The molecule has 4 aromatic rings. The van der Waals surface area contributed by atoms with Crippen LogP contribution in [0.2, 0.25) is 5.02 Å². The highest BCUT2D eigenvalue weighted by Crippen LogP contribution is 2.31. The molecule has 1 aliphatic heterocycles. The fraction of sp³-hybridized carbons (Fsp3) is 0.280. The third-order valence-electron chi connectivity index (χ3n) is 6.31. The average molecular weight is 575 g/mol. The number of rotatable bonds is 7. The summed E-state index contributed by atoms with van der Waals surface area (Å²) in [6.45, 7) is 1.78. The quantitative estimate of drug-likeness (QED) is 0.317. The van der Waals surface area contributed by atoms with Gasteiger partial charge in [-0.2, -0.15) is 9.61 Å². The molecule has 2 aromatic carbocycles. The van der Waals surface area contributed by atoms with Crippen LogP contribution in [0.25, 0.3) is 16.9 Å². The predicted octanol–water partition coefficient (Wildman–Crippen LogP) is 5.47. The van der Waals surface area contributed by atoms with Gasteiger partial charge in [-0.15, -0.1) is 0 Å². The van der Waals surface area contributed by atoms with Gasteiger partial charge in [0.2, 0.25) is 10.0 Å². The van der Waals surface area contributed by atoms with E-state index in [2.05, 4.69) is 26.3 Å². The van der Waals surface area contributed by atoms with E-state index in [-0.39, 0.29) is 5.75 Å². The number of nitrogens with one attached hydrogen (secondary N) is 1. The van der Waals surface area contributed by atoms with E-state index in [1.807, 2.05) is 60.7 Å². The van der Waals surface area contributed by atoms with Gasteiger partial charge in [-0.25, -0.2) is 17.7 Å². The lowest BCUT2D eigenvalue weighted by atomic mass is 9.98. The number of piperidine rings is 1. The zero-order valence-corrected chi connectivity index (χ0v) is 22.1. The molecule has 0 atom stereocenters. The largest absolute Gasteiger partial charge is 0.370 e. The molecule has 1 fully saturated rings. The highest BCUT2D eigenvalue weighted by Gasteiger charge is 2.28. The summed E-state index contributed by atoms with van der Waals surface area (Å²) in [4.78, 5) is 4.75. The molecule has 0 amide bonds. The van der Waals surface area contributed by atoms with Gasteiger partial charge in [0.05, 0.1) is 22.1 Å². The standard InChI is InChI=1S/C25H25BrClN5O2S/c26-21-16-29-32-24(14-23(30-25(21)32)20-8-4-5-9-22(20)27)28-15-18-10-12-31(13-11-18)35(33,34)17-19-6-2-1-3-7-19/h1-9,14,16,18,28H,10-13,15,17H2. The highest BCUT2D eigenvalue weighted by molar-refractivity contribution is 9.10. The molecule has 5 rings (SSSR count). The van der Waals surface area contributed by atoms with E-state index < -0.39 is 10.0 Å². The van der Waals surface area contributed by atoms with Crippen LogP contribution in [0.15, 0.2) is 71.3 Å². The lowest BCUT2D eigenvalue weighted by Crippen LogP contribution is -2.40. The summed E-state index contributed by atoms with van der Waals surface area (Å²) in [6.07, 6.45) is 3.32. The summed E-state index contributed by atoms with van der Waals surface area (Å²) in [5, 5.41) is 8.60. The van der Waals surface area contributed by atoms with Crippen LogP contribution in [0.3, 0.4) is 0 Å². The SMILES string of the molecule is O=S(=O)(Cc1ccccc1)N1CCC(CNc2cc(-c3ccccc3Cl)nc3c(Br)cnn23)CC1. The summed E-state index contributed by atoms with van der Waals surface area (Å²) in [7, 11) is -3.32. The molecule has 7 nitrogen and oxygen atoms in total. The summed E-state index contributed by atoms with van der Waals surface area (Å²) in [6, 6.07) is 18.9. The minimum absolute atomic E-state index is 0.0464. The third kappa shape index (κ3) is 5.38. The van der Waals surface area contributed by atoms with Crippen molar-refractivity contribution < 1.29 is 8.42 Å². The van der Waals surface area contributed by atoms with E-state index >= 15 is 0 Å². The predicted molar refractivity (Wildman–Crippen MR) is 143 cm³/mol. The van der Waals surface area contributed by atoms with Crippen LogP contribution in [-0.4, -0.2) is 47.0 Å². The molecule has 35 heavy (non-hydrogen) atoms. The number of sulfonamides is 1. The van der Waals surface area contributed by atoms with Crippen molar-refractivity contribution in [2.24, 2.45) is 5.92 Å². The lowest BCUT2D eigenvalue weighted by molar-refractivity contribution is 0.282. The highest BCUT2D eigenvalue weighted by atomic mass is 79.9. The summed E-state index contributed by atoms with van der Waals surface area (Å²) in [5.74, 6) is 1.21. The minimum atomic E-state index is -3.32. The smallest absolute Gasteiger partial charge is 0.218 e. The molecule has 3 heterocycles. The van der Waals surface area contributed by atoms with Gasteiger partial charge in [-0.3, -0.25) is 0 Å². The topological polar surface area (TPSA) is 79.6 Å². The molecular formula is C25H25BrClN5O2S. The van der Waals surface area contributed by atoms with Gasteiger partial charge in [-0.1, -0.05) is 60.1 Å². The Morgan fingerprint density at radius 1 is 1.06 bits per heavy atom. The Bertz CT molecular complexity index is 1440. The number of benzene rings is 2. The Morgan fingerprint density at radius 3 is 2.51 bits per heavy atom. The first-order valence-electron chi connectivity index (χ1n) is 11.5. The Hall–Kier alpha value is -2.46. The molecule has 10 heteroatoms. The fourth-order valence-electron chi connectivity index (χ4n) is 4.39. The van der Waals surface area contributed by atoms with E-state index in [1.54, 1.807) is 15.0 Å². The van der Waals surface area contributed by atoms with Gasteiger partial charge >= 0.3 is 0 Å². The molecule has 1 N–H and O–H groups in total. The second kappa shape index (κ2) is 10.3. The maximum absolute atomic E-state index is 12.9. The van der Waals surface area contributed by atoms with Gasteiger partial charge in [-0.05, 0) is 46.3 Å². The molecule has 1 saturated heterocycles. The van der Waals surface area contributed by atoms with Crippen molar-refractivity contribution in [3.05, 3.63) is 81.9 Å². The van der Waals surface area contributed by atoms with Gasteiger partial charge < -0.3 is 5.32 Å². The fourth-order valence-corrected chi connectivity index (χ4v) is 6.53. The molecule has 0 bridgehead atoms. The molecule has 182 valence electrons. The van der Waals surface area contributed by atoms with Gasteiger partial charge in [0.1, 0.15) is 5.82 Å². The Labute approximate surface area is 218 Å². The third-order valence-corrected chi connectivity index (χ3v) is 9.05. The summed E-state index contributed by atoms with van der Waals surface area (Å²) in [5.41, 5.74) is 3.13. The van der Waals surface area contributed by atoms with Crippen LogP contribution in [0.4, 0.5) is 5.82 Å². The van der Waals surface area contributed by atoms with Crippen LogP contribution in [0.1, 0.15) is 18.4 Å². The number of halogens is 2. The monoisotopic (exact) mass is 573 g/mol. The molecule has 0 spiro atoms.